The lowest BCUT2D eigenvalue weighted by Gasteiger charge is -2.08. The zero-order chi connectivity index (χ0) is 9.68. The third-order valence-corrected chi connectivity index (χ3v) is 1.58. The molecule has 0 saturated heterocycles. The van der Waals surface area contributed by atoms with E-state index >= 15 is 0 Å². The fraction of sp³-hybridized carbons (Fsp3) is 0.364. The van der Waals surface area contributed by atoms with E-state index in [-0.39, 0.29) is 0 Å². The van der Waals surface area contributed by atoms with Crippen LogP contribution in [0.4, 0.5) is 0 Å². The van der Waals surface area contributed by atoms with E-state index in [1.807, 2.05) is 12.1 Å². The van der Waals surface area contributed by atoms with Crippen molar-refractivity contribution in [3.63, 3.8) is 0 Å². The van der Waals surface area contributed by atoms with Crippen LogP contribution in [-0.4, -0.2) is 12.9 Å². The first-order valence-corrected chi connectivity index (χ1v) is 4.40. The molecule has 0 aliphatic carbocycles. The monoisotopic (exact) mass is 178 g/mol. The van der Waals surface area contributed by atoms with Crippen LogP contribution in [0.2, 0.25) is 0 Å². The molecule has 0 aliphatic heterocycles. The second-order valence-corrected chi connectivity index (χ2v) is 3.40. The van der Waals surface area contributed by atoms with E-state index < -0.39 is 0 Å². The van der Waals surface area contributed by atoms with Crippen molar-refractivity contribution < 1.29 is 9.53 Å². The van der Waals surface area contributed by atoms with Crippen molar-refractivity contribution in [2.75, 3.05) is 6.61 Å². The van der Waals surface area contributed by atoms with Gasteiger partial charge in [0.2, 0.25) is 0 Å². The van der Waals surface area contributed by atoms with E-state index in [2.05, 4.69) is 13.8 Å². The quantitative estimate of drug-likeness (QED) is 0.662. The first-order valence-electron chi connectivity index (χ1n) is 4.40. The van der Waals surface area contributed by atoms with Crippen molar-refractivity contribution in [3.8, 4) is 5.75 Å². The van der Waals surface area contributed by atoms with Crippen LogP contribution < -0.4 is 4.74 Å². The lowest BCUT2D eigenvalue weighted by Crippen LogP contribution is -2.04. The average molecular weight is 178 g/mol. The lowest BCUT2D eigenvalue weighted by atomic mass is 10.2. The van der Waals surface area contributed by atoms with E-state index in [1.165, 1.54) is 0 Å². The smallest absolute Gasteiger partial charge is 0.150 e. The summed E-state index contributed by atoms with van der Waals surface area (Å²) in [6, 6.07) is 7.18. The molecule has 0 saturated carbocycles. The van der Waals surface area contributed by atoms with Crippen LogP contribution in [-0.2, 0) is 0 Å². The number of hydrogen-bond acceptors (Lipinski definition) is 2. The summed E-state index contributed by atoms with van der Waals surface area (Å²) in [4.78, 5) is 10.4. The van der Waals surface area contributed by atoms with Gasteiger partial charge < -0.3 is 4.74 Å². The number of hydrogen-bond donors (Lipinski definition) is 0. The van der Waals surface area contributed by atoms with Gasteiger partial charge in [-0.3, -0.25) is 4.79 Å². The molecule has 2 heteroatoms. The summed E-state index contributed by atoms with van der Waals surface area (Å²) in [5, 5.41) is 0. The lowest BCUT2D eigenvalue weighted by molar-refractivity contribution is 0.112. The van der Waals surface area contributed by atoms with Crippen LogP contribution in [0.1, 0.15) is 24.2 Å². The van der Waals surface area contributed by atoms with Crippen molar-refractivity contribution in [1.82, 2.24) is 0 Å². The maximum absolute atomic E-state index is 10.4. The summed E-state index contributed by atoms with van der Waals surface area (Å²) in [6.07, 6.45) is 0.822. The second kappa shape index (κ2) is 4.65. The first kappa shape index (κ1) is 9.78. The fourth-order valence-corrected chi connectivity index (χ4v) is 0.941. The molecule has 0 aliphatic rings. The molecule has 70 valence electrons. The molecular formula is C11H14O2. The van der Waals surface area contributed by atoms with Crippen LogP contribution in [0, 0.1) is 5.92 Å². The highest BCUT2D eigenvalue weighted by atomic mass is 16.5. The van der Waals surface area contributed by atoms with Crippen LogP contribution in [0.3, 0.4) is 0 Å². The molecule has 0 N–H and O–H groups in total. The third-order valence-electron chi connectivity index (χ3n) is 1.58. The molecule has 0 amide bonds. The van der Waals surface area contributed by atoms with Crippen molar-refractivity contribution in [3.05, 3.63) is 29.8 Å². The number of carbonyl (C=O) groups is 1. The maximum atomic E-state index is 10.4. The Labute approximate surface area is 78.5 Å². The van der Waals surface area contributed by atoms with Gasteiger partial charge >= 0.3 is 0 Å². The Balaban J connectivity index is 2.61. The minimum absolute atomic E-state index is 0.500. The molecule has 13 heavy (non-hydrogen) atoms. The normalized spacial score (nSPS) is 10.1. The van der Waals surface area contributed by atoms with E-state index in [1.54, 1.807) is 12.1 Å². The van der Waals surface area contributed by atoms with Gasteiger partial charge in [0.25, 0.3) is 0 Å². The topological polar surface area (TPSA) is 26.3 Å². The van der Waals surface area contributed by atoms with Gasteiger partial charge in [-0.15, -0.1) is 0 Å². The van der Waals surface area contributed by atoms with Gasteiger partial charge in [0.15, 0.2) is 0 Å². The molecule has 1 rings (SSSR count). The fourth-order valence-electron chi connectivity index (χ4n) is 0.941. The van der Waals surface area contributed by atoms with E-state index in [0.717, 1.165) is 12.0 Å². The Morgan fingerprint density at radius 3 is 2.85 bits per heavy atom. The molecule has 1 aromatic rings. The predicted octanol–water partition coefficient (Wildman–Crippen LogP) is 2.53. The molecule has 2 nitrogen and oxygen atoms in total. The summed E-state index contributed by atoms with van der Waals surface area (Å²) < 4.78 is 5.45. The van der Waals surface area contributed by atoms with Gasteiger partial charge in [-0.2, -0.15) is 0 Å². The number of aldehydes is 1. The number of carbonyl (C=O) groups excluding carboxylic acids is 1. The molecule has 0 fully saturated rings. The summed E-state index contributed by atoms with van der Waals surface area (Å²) >= 11 is 0. The zero-order valence-corrected chi connectivity index (χ0v) is 7.99. The van der Waals surface area contributed by atoms with Crippen LogP contribution in [0.15, 0.2) is 24.3 Å². The Bertz CT molecular complexity index is 279. The largest absolute Gasteiger partial charge is 0.493 e. The third kappa shape index (κ3) is 3.28. The van der Waals surface area contributed by atoms with Crippen LogP contribution in [0.25, 0.3) is 0 Å². The molecule has 0 bridgehead atoms. The molecular weight excluding hydrogens is 164 g/mol. The zero-order valence-electron chi connectivity index (χ0n) is 7.99. The Kier molecular flexibility index (Phi) is 3.50. The van der Waals surface area contributed by atoms with E-state index in [0.29, 0.717) is 18.1 Å². The summed E-state index contributed by atoms with van der Waals surface area (Å²) in [7, 11) is 0. The van der Waals surface area contributed by atoms with Crippen LogP contribution in [0.5, 0.6) is 5.75 Å². The Morgan fingerprint density at radius 1 is 1.46 bits per heavy atom. The minimum atomic E-state index is 0.500. The number of benzene rings is 1. The number of ether oxygens (including phenoxy) is 1. The Morgan fingerprint density at radius 2 is 2.23 bits per heavy atom. The standard InChI is InChI=1S/C11H14O2/c1-9(2)8-13-11-5-3-4-10(6-11)7-12/h3-7,9H,8H2,1-2H3. The van der Waals surface area contributed by atoms with Crippen molar-refractivity contribution >= 4 is 6.29 Å². The van der Waals surface area contributed by atoms with Gasteiger partial charge in [-0.25, -0.2) is 0 Å². The molecule has 0 heterocycles. The van der Waals surface area contributed by atoms with E-state index in [4.69, 9.17) is 4.74 Å². The average Bonchev–Trinajstić information content (AvgIpc) is 2.15. The van der Waals surface area contributed by atoms with Gasteiger partial charge in [0, 0.05) is 5.56 Å². The van der Waals surface area contributed by atoms with Crippen molar-refractivity contribution in [1.29, 1.82) is 0 Å². The van der Waals surface area contributed by atoms with Crippen LogP contribution >= 0.6 is 0 Å². The molecule has 0 unspecified atom stereocenters. The summed E-state index contributed by atoms with van der Waals surface area (Å²) in [5.41, 5.74) is 0.654. The van der Waals surface area contributed by atoms with Crippen molar-refractivity contribution in [2.24, 2.45) is 5.92 Å². The SMILES string of the molecule is CC(C)COc1cccc(C=O)c1. The van der Waals surface area contributed by atoms with Gasteiger partial charge in [-0.05, 0) is 18.1 Å². The molecule has 0 radical (unpaired) electrons. The highest BCUT2D eigenvalue weighted by molar-refractivity contribution is 5.75. The second-order valence-electron chi connectivity index (χ2n) is 3.40. The minimum Gasteiger partial charge on any atom is -0.493 e. The molecule has 0 atom stereocenters. The van der Waals surface area contributed by atoms with Gasteiger partial charge in [0.05, 0.1) is 6.61 Å². The Hall–Kier alpha value is -1.31. The van der Waals surface area contributed by atoms with E-state index in [9.17, 15) is 4.79 Å². The van der Waals surface area contributed by atoms with Crippen molar-refractivity contribution in [2.45, 2.75) is 13.8 Å². The maximum Gasteiger partial charge on any atom is 0.150 e. The number of rotatable bonds is 4. The van der Waals surface area contributed by atoms with Gasteiger partial charge in [-0.1, -0.05) is 26.0 Å². The molecule has 0 aromatic heterocycles. The summed E-state index contributed by atoms with van der Waals surface area (Å²) in [5.74, 6) is 1.26. The summed E-state index contributed by atoms with van der Waals surface area (Å²) in [6.45, 7) is 4.86. The predicted molar refractivity (Wildman–Crippen MR) is 52.2 cm³/mol. The molecule has 1 aromatic carbocycles. The first-order chi connectivity index (χ1) is 6.22. The molecule has 0 spiro atoms. The van der Waals surface area contributed by atoms with Gasteiger partial charge in [0.1, 0.15) is 12.0 Å². The highest BCUT2D eigenvalue weighted by Gasteiger charge is 1.97. The highest BCUT2D eigenvalue weighted by Crippen LogP contribution is 2.12.